The number of benzene rings is 1. The Balaban J connectivity index is 2.55. The highest BCUT2D eigenvalue weighted by Crippen LogP contribution is 2.45. The van der Waals surface area contributed by atoms with Gasteiger partial charge in [-0.15, -0.1) is 0 Å². The first-order chi connectivity index (χ1) is 11.3. The number of nitrogens with zero attached hydrogens (tertiary/aromatic N) is 1. The van der Waals surface area contributed by atoms with Gasteiger partial charge in [-0.3, -0.25) is 9.59 Å². The molecule has 25 heavy (non-hydrogen) atoms. The van der Waals surface area contributed by atoms with Gasteiger partial charge in [-0.05, 0) is 6.07 Å². The van der Waals surface area contributed by atoms with E-state index in [1.807, 2.05) is 0 Å². The summed E-state index contributed by atoms with van der Waals surface area (Å²) in [6.07, 6.45) is -11.0. The molecule has 0 aliphatic carbocycles. The smallest absolute Gasteiger partial charge is 0.427 e. The number of anilines is 1. The number of amides is 2. The molecule has 0 saturated carbocycles. The number of nitrogens with one attached hydrogen (secondary N) is 1. The van der Waals surface area contributed by atoms with Crippen molar-refractivity contribution in [3.8, 4) is 5.75 Å². The van der Waals surface area contributed by atoms with Crippen molar-refractivity contribution >= 4 is 23.2 Å². The molecular weight excluding hydrogens is 372 g/mol. The first-order valence-corrected chi connectivity index (χ1v) is 6.11. The average Bonchev–Trinajstić information content (AvgIpc) is 2.46. The molecule has 0 fully saturated rings. The van der Waals surface area contributed by atoms with Crippen LogP contribution < -0.4 is 15.4 Å². The zero-order valence-electron chi connectivity index (χ0n) is 11.6. The van der Waals surface area contributed by atoms with E-state index >= 15 is 0 Å². The summed E-state index contributed by atoms with van der Waals surface area (Å²) < 4.78 is 107. The second-order valence-electron chi connectivity index (χ2n) is 4.69. The minimum absolute atomic E-state index is 0.0716. The standard InChI is InChI=1S/C12H5F8N2O3/c13-3-10(14,15)12(19,20)25-7-2-6-5(1-4(7)11(16,17)18)21-8(23)9(24)22-6/h1-2H,3H2,(H,21,23). The van der Waals surface area contributed by atoms with Crippen LogP contribution in [0.15, 0.2) is 12.1 Å². The van der Waals surface area contributed by atoms with E-state index < -0.39 is 59.4 Å². The third-order valence-electron chi connectivity index (χ3n) is 2.90. The third-order valence-corrected chi connectivity index (χ3v) is 2.90. The van der Waals surface area contributed by atoms with Crippen LogP contribution in [0.5, 0.6) is 5.75 Å². The lowest BCUT2D eigenvalue weighted by Gasteiger charge is -2.27. The monoisotopic (exact) mass is 377 g/mol. The molecule has 0 bridgehead atoms. The van der Waals surface area contributed by atoms with E-state index in [1.54, 1.807) is 5.32 Å². The van der Waals surface area contributed by atoms with Gasteiger partial charge in [0.05, 0.1) is 16.9 Å². The van der Waals surface area contributed by atoms with Crippen molar-refractivity contribution in [3.05, 3.63) is 17.7 Å². The zero-order chi connectivity index (χ0) is 19.2. The largest absolute Gasteiger partial charge is 0.467 e. The van der Waals surface area contributed by atoms with Crippen molar-refractivity contribution < 1.29 is 49.4 Å². The third kappa shape index (κ3) is 3.44. The molecule has 5 nitrogen and oxygen atoms in total. The first kappa shape index (κ1) is 18.7. The Morgan fingerprint density at radius 1 is 1.04 bits per heavy atom. The number of halogens is 8. The van der Waals surface area contributed by atoms with Gasteiger partial charge in [0, 0.05) is 6.07 Å². The van der Waals surface area contributed by atoms with Gasteiger partial charge in [-0.1, -0.05) is 0 Å². The van der Waals surface area contributed by atoms with Gasteiger partial charge < -0.3 is 10.1 Å². The van der Waals surface area contributed by atoms with Crippen molar-refractivity contribution in [1.82, 2.24) is 5.32 Å². The van der Waals surface area contributed by atoms with Crippen LogP contribution in [0.2, 0.25) is 0 Å². The molecule has 137 valence electrons. The van der Waals surface area contributed by atoms with Crippen LogP contribution in [0.25, 0.3) is 0 Å². The molecule has 1 aromatic carbocycles. The van der Waals surface area contributed by atoms with Gasteiger partial charge in [0.1, 0.15) is 5.75 Å². The fourth-order valence-corrected chi connectivity index (χ4v) is 1.69. The van der Waals surface area contributed by atoms with Crippen molar-refractivity contribution in [2.75, 3.05) is 12.0 Å². The summed E-state index contributed by atoms with van der Waals surface area (Å²) in [7, 11) is 0. The summed E-state index contributed by atoms with van der Waals surface area (Å²) in [4.78, 5) is 22.2. The minimum Gasteiger partial charge on any atom is -0.427 e. The van der Waals surface area contributed by atoms with Crippen LogP contribution in [0, 0.1) is 0 Å². The van der Waals surface area contributed by atoms with Crippen LogP contribution in [0.4, 0.5) is 46.5 Å². The predicted molar refractivity (Wildman–Crippen MR) is 63.4 cm³/mol. The Bertz CT molecular complexity index is 732. The van der Waals surface area contributed by atoms with Gasteiger partial charge >= 0.3 is 30.0 Å². The predicted octanol–water partition coefficient (Wildman–Crippen LogP) is 3.00. The maximum atomic E-state index is 13.3. The van der Waals surface area contributed by atoms with Gasteiger partial charge in [-0.2, -0.15) is 30.7 Å². The highest BCUT2D eigenvalue weighted by Gasteiger charge is 2.60. The summed E-state index contributed by atoms with van der Waals surface area (Å²) in [6, 6.07) is 0.180. The number of rotatable bonds is 4. The van der Waals surface area contributed by atoms with Crippen LogP contribution >= 0.6 is 0 Å². The van der Waals surface area contributed by atoms with Crippen LogP contribution in [0.1, 0.15) is 5.56 Å². The molecule has 1 aromatic rings. The van der Waals surface area contributed by atoms with E-state index in [9.17, 15) is 44.7 Å². The molecule has 2 rings (SSSR count). The zero-order valence-corrected chi connectivity index (χ0v) is 11.6. The molecule has 1 N–H and O–H groups in total. The molecule has 13 heteroatoms. The van der Waals surface area contributed by atoms with Crippen LogP contribution in [0.3, 0.4) is 0 Å². The number of carbonyl (C=O) groups is 2. The summed E-state index contributed by atoms with van der Waals surface area (Å²) in [5, 5.41) is 4.74. The van der Waals surface area contributed by atoms with E-state index in [-0.39, 0.29) is 12.1 Å². The first-order valence-electron chi connectivity index (χ1n) is 6.11. The Kier molecular flexibility index (Phi) is 4.30. The molecule has 0 spiro atoms. The molecule has 0 aromatic heterocycles. The quantitative estimate of drug-likeness (QED) is 0.648. The van der Waals surface area contributed by atoms with E-state index in [0.29, 0.717) is 0 Å². The lowest BCUT2D eigenvalue weighted by atomic mass is 10.1. The number of ether oxygens (including phenoxy) is 1. The summed E-state index contributed by atoms with van der Waals surface area (Å²) in [6.45, 7) is -2.90. The number of fused-ring (bicyclic) bond motifs is 1. The van der Waals surface area contributed by atoms with Gasteiger partial charge in [-0.25, -0.2) is 9.71 Å². The number of hydrogen-bond acceptors (Lipinski definition) is 3. The van der Waals surface area contributed by atoms with Crippen LogP contribution in [-0.2, 0) is 15.8 Å². The van der Waals surface area contributed by atoms with E-state index in [2.05, 4.69) is 10.1 Å². The Morgan fingerprint density at radius 2 is 1.64 bits per heavy atom. The summed E-state index contributed by atoms with van der Waals surface area (Å²) >= 11 is 0. The fraction of sp³-hybridized carbons (Fsp3) is 0.333. The van der Waals surface area contributed by atoms with Crippen molar-refractivity contribution in [2.24, 2.45) is 0 Å². The molecule has 1 radical (unpaired) electrons. The molecule has 1 aliphatic rings. The Morgan fingerprint density at radius 3 is 2.16 bits per heavy atom. The summed E-state index contributed by atoms with van der Waals surface area (Å²) in [5.74, 6) is -10.1. The molecule has 0 unspecified atom stereocenters. The molecule has 1 aliphatic heterocycles. The normalized spacial score (nSPS) is 15.4. The fourth-order valence-electron chi connectivity index (χ4n) is 1.69. The molecule has 0 saturated heterocycles. The average molecular weight is 377 g/mol. The maximum Gasteiger partial charge on any atom is 0.467 e. The SMILES string of the molecule is O=C1[N]c2cc(OC(F)(F)C(F)(F)CF)c(C(F)(F)F)cc2NC1=O. The molecule has 1 heterocycles. The van der Waals surface area contributed by atoms with E-state index in [0.717, 1.165) is 0 Å². The van der Waals surface area contributed by atoms with Gasteiger partial charge in [0.25, 0.3) is 0 Å². The number of carbonyl (C=O) groups excluding carboxylic acids is 2. The maximum absolute atomic E-state index is 13.3. The Hall–Kier alpha value is -2.60. The molecule has 0 atom stereocenters. The minimum atomic E-state index is -5.63. The second-order valence-corrected chi connectivity index (χ2v) is 4.69. The second kappa shape index (κ2) is 5.74. The van der Waals surface area contributed by atoms with E-state index in [4.69, 9.17) is 0 Å². The highest BCUT2D eigenvalue weighted by atomic mass is 19.4. The number of alkyl halides is 8. The van der Waals surface area contributed by atoms with Crippen molar-refractivity contribution in [1.29, 1.82) is 0 Å². The topological polar surface area (TPSA) is 69.5 Å². The van der Waals surface area contributed by atoms with Crippen molar-refractivity contribution in [3.63, 3.8) is 0 Å². The van der Waals surface area contributed by atoms with Crippen molar-refractivity contribution in [2.45, 2.75) is 18.2 Å². The molecule has 2 amide bonds. The Labute approximate surface area is 132 Å². The summed E-state index contributed by atoms with van der Waals surface area (Å²) in [5.41, 5.74) is -3.37. The van der Waals surface area contributed by atoms with Crippen LogP contribution in [-0.4, -0.2) is 30.5 Å². The van der Waals surface area contributed by atoms with E-state index in [1.165, 1.54) is 0 Å². The lowest BCUT2D eigenvalue weighted by Crippen LogP contribution is -2.47. The lowest BCUT2D eigenvalue weighted by molar-refractivity contribution is -0.313. The number of hydrogen-bond donors (Lipinski definition) is 1. The highest BCUT2D eigenvalue weighted by molar-refractivity contribution is 6.42. The molecular formula is C12H5F8N2O3. The van der Waals surface area contributed by atoms with Gasteiger partial charge in [0.2, 0.25) is 0 Å². The van der Waals surface area contributed by atoms with Gasteiger partial charge in [0.15, 0.2) is 6.67 Å².